The van der Waals surface area contributed by atoms with Crippen LogP contribution in [-0.2, 0) is 19.2 Å². The zero-order chi connectivity index (χ0) is 20.0. The van der Waals surface area contributed by atoms with Crippen LogP contribution in [0.5, 0.6) is 0 Å². The summed E-state index contributed by atoms with van der Waals surface area (Å²) in [4.78, 5) is 12.3. The van der Waals surface area contributed by atoms with Crippen LogP contribution < -0.4 is 10.6 Å². The lowest BCUT2D eigenvalue weighted by molar-refractivity contribution is 0.0616. The number of benzene rings is 1. The van der Waals surface area contributed by atoms with Crippen molar-refractivity contribution < 1.29 is 5.11 Å². The van der Waals surface area contributed by atoms with Crippen LogP contribution in [0.15, 0.2) is 53.9 Å². The molecule has 2 heterocycles. The third-order valence-electron chi connectivity index (χ3n) is 4.37. The van der Waals surface area contributed by atoms with Gasteiger partial charge in [-0.25, -0.2) is 9.98 Å². The second kappa shape index (κ2) is 8.71. The standard InChI is InChI=1S/C20H27N7O/c1-4-21-19(24-14-20(2,28)16-10-25-27(3)13-16)23-12-18-22-11-17(26-18)15-8-6-5-7-9-15/h5-11,13,28H,4,12,14H2,1-3H3,(H,22,26)(H2,21,23,24). The Morgan fingerprint density at radius 1 is 1.25 bits per heavy atom. The van der Waals surface area contributed by atoms with Gasteiger partial charge in [0.05, 0.1) is 24.6 Å². The summed E-state index contributed by atoms with van der Waals surface area (Å²) in [6.07, 6.45) is 5.28. The Labute approximate surface area is 164 Å². The molecule has 0 aliphatic rings. The minimum absolute atomic E-state index is 0.304. The minimum Gasteiger partial charge on any atom is -0.383 e. The zero-order valence-corrected chi connectivity index (χ0v) is 16.5. The first kappa shape index (κ1) is 19.6. The number of aryl methyl sites for hydroxylation is 1. The minimum atomic E-state index is -1.06. The van der Waals surface area contributed by atoms with Crippen LogP contribution in [0, 0.1) is 0 Å². The van der Waals surface area contributed by atoms with Crippen molar-refractivity contribution in [1.82, 2.24) is 30.4 Å². The van der Waals surface area contributed by atoms with Gasteiger partial charge >= 0.3 is 0 Å². The maximum Gasteiger partial charge on any atom is 0.191 e. The van der Waals surface area contributed by atoms with Gasteiger partial charge in [-0.05, 0) is 19.4 Å². The number of hydrogen-bond acceptors (Lipinski definition) is 4. The number of nitrogens with one attached hydrogen (secondary N) is 3. The first-order valence-corrected chi connectivity index (χ1v) is 9.31. The molecule has 8 nitrogen and oxygen atoms in total. The van der Waals surface area contributed by atoms with E-state index in [-0.39, 0.29) is 0 Å². The fourth-order valence-electron chi connectivity index (χ4n) is 2.76. The number of aliphatic imine (C=N–C) groups is 1. The number of imidazole rings is 1. The molecule has 0 aliphatic carbocycles. The van der Waals surface area contributed by atoms with Gasteiger partial charge in [0.2, 0.25) is 0 Å². The Morgan fingerprint density at radius 3 is 2.71 bits per heavy atom. The van der Waals surface area contributed by atoms with Crippen molar-refractivity contribution in [3.8, 4) is 11.3 Å². The van der Waals surface area contributed by atoms with E-state index in [1.165, 1.54) is 0 Å². The zero-order valence-electron chi connectivity index (χ0n) is 16.5. The third-order valence-corrected chi connectivity index (χ3v) is 4.37. The number of H-pyrrole nitrogens is 1. The molecule has 0 spiro atoms. The molecule has 3 rings (SSSR count). The highest BCUT2D eigenvalue weighted by atomic mass is 16.3. The average molecular weight is 381 g/mol. The first-order chi connectivity index (χ1) is 13.5. The molecule has 0 bridgehead atoms. The first-order valence-electron chi connectivity index (χ1n) is 9.31. The molecule has 0 saturated heterocycles. The predicted octanol–water partition coefficient (Wildman–Crippen LogP) is 1.77. The highest BCUT2D eigenvalue weighted by molar-refractivity contribution is 5.79. The van der Waals surface area contributed by atoms with Crippen LogP contribution in [0.1, 0.15) is 25.2 Å². The Kier molecular flexibility index (Phi) is 6.10. The lowest BCUT2D eigenvalue weighted by atomic mass is 10.00. The number of nitrogens with zero attached hydrogens (tertiary/aromatic N) is 4. The smallest absolute Gasteiger partial charge is 0.191 e. The molecule has 1 atom stereocenters. The Morgan fingerprint density at radius 2 is 2.04 bits per heavy atom. The van der Waals surface area contributed by atoms with E-state index in [9.17, 15) is 5.11 Å². The van der Waals surface area contributed by atoms with Crippen molar-refractivity contribution in [3.63, 3.8) is 0 Å². The van der Waals surface area contributed by atoms with E-state index < -0.39 is 5.60 Å². The Bertz CT molecular complexity index is 912. The molecular formula is C20H27N7O. The van der Waals surface area contributed by atoms with Gasteiger partial charge in [-0.2, -0.15) is 5.10 Å². The molecule has 0 saturated carbocycles. The summed E-state index contributed by atoms with van der Waals surface area (Å²) in [5, 5.41) is 21.2. The molecular weight excluding hydrogens is 354 g/mol. The van der Waals surface area contributed by atoms with E-state index >= 15 is 0 Å². The molecule has 3 aromatic rings. The van der Waals surface area contributed by atoms with Gasteiger partial charge in [0.15, 0.2) is 5.96 Å². The third kappa shape index (κ3) is 4.98. The molecule has 0 aliphatic heterocycles. The monoisotopic (exact) mass is 381 g/mol. The Hall–Kier alpha value is -3.13. The average Bonchev–Trinajstić information content (AvgIpc) is 3.34. The molecule has 0 radical (unpaired) electrons. The predicted molar refractivity (Wildman–Crippen MR) is 110 cm³/mol. The van der Waals surface area contributed by atoms with Gasteiger partial charge in [-0.1, -0.05) is 30.3 Å². The highest BCUT2D eigenvalue weighted by Crippen LogP contribution is 2.18. The molecule has 2 aromatic heterocycles. The van der Waals surface area contributed by atoms with E-state index in [2.05, 4.69) is 30.7 Å². The topological polar surface area (TPSA) is 103 Å². The molecule has 4 N–H and O–H groups in total. The summed E-state index contributed by atoms with van der Waals surface area (Å²) in [5.74, 6) is 1.39. The van der Waals surface area contributed by atoms with E-state index in [0.29, 0.717) is 25.6 Å². The van der Waals surface area contributed by atoms with E-state index in [1.807, 2.05) is 50.5 Å². The quantitative estimate of drug-likeness (QED) is 0.369. The van der Waals surface area contributed by atoms with Crippen molar-refractivity contribution >= 4 is 5.96 Å². The summed E-state index contributed by atoms with van der Waals surface area (Å²) >= 11 is 0. The molecule has 0 fully saturated rings. The van der Waals surface area contributed by atoms with E-state index in [1.54, 1.807) is 24.0 Å². The maximum atomic E-state index is 10.7. The van der Waals surface area contributed by atoms with Crippen LogP contribution in [0.25, 0.3) is 11.3 Å². The summed E-state index contributed by atoms with van der Waals surface area (Å²) in [6.45, 7) is 5.17. The number of aliphatic hydroxyl groups is 1. The largest absolute Gasteiger partial charge is 0.383 e. The van der Waals surface area contributed by atoms with Crippen molar-refractivity contribution in [2.45, 2.75) is 26.0 Å². The van der Waals surface area contributed by atoms with Crippen LogP contribution >= 0.6 is 0 Å². The number of hydrogen-bond donors (Lipinski definition) is 4. The number of rotatable bonds is 7. The number of aromatic amines is 1. The van der Waals surface area contributed by atoms with Gasteiger partial charge in [0.25, 0.3) is 0 Å². The fourth-order valence-corrected chi connectivity index (χ4v) is 2.76. The SMILES string of the molecule is CCNC(=NCc1ncc(-c2ccccc2)[nH]1)NCC(C)(O)c1cnn(C)c1. The molecule has 28 heavy (non-hydrogen) atoms. The molecule has 148 valence electrons. The van der Waals surface area contributed by atoms with Gasteiger partial charge in [0.1, 0.15) is 18.0 Å². The summed E-state index contributed by atoms with van der Waals surface area (Å²) in [6, 6.07) is 10.0. The number of aromatic nitrogens is 4. The van der Waals surface area contributed by atoms with Crippen LogP contribution in [0.3, 0.4) is 0 Å². The molecule has 1 unspecified atom stereocenters. The Balaban J connectivity index is 1.63. The van der Waals surface area contributed by atoms with E-state index in [0.717, 1.165) is 22.6 Å². The lowest BCUT2D eigenvalue weighted by Gasteiger charge is -2.23. The summed E-state index contributed by atoms with van der Waals surface area (Å²) in [5.41, 5.74) is 1.73. The highest BCUT2D eigenvalue weighted by Gasteiger charge is 2.25. The fraction of sp³-hybridized carbons (Fsp3) is 0.350. The summed E-state index contributed by atoms with van der Waals surface area (Å²) in [7, 11) is 1.82. The molecule has 1 aromatic carbocycles. The number of guanidine groups is 1. The normalized spacial score (nSPS) is 13.9. The van der Waals surface area contributed by atoms with Crippen molar-refractivity contribution in [1.29, 1.82) is 0 Å². The summed E-state index contributed by atoms with van der Waals surface area (Å²) < 4.78 is 1.67. The van der Waals surface area contributed by atoms with Gasteiger partial charge < -0.3 is 20.7 Å². The van der Waals surface area contributed by atoms with Gasteiger partial charge in [-0.3, -0.25) is 4.68 Å². The maximum absolute atomic E-state index is 10.7. The van der Waals surface area contributed by atoms with Crippen molar-refractivity contribution in [2.24, 2.45) is 12.0 Å². The molecule has 8 heteroatoms. The molecule has 0 amide bonds. The second-order valence-electron chi connectivity index (χ2n) is 6.83. The van der Waals surface area contributed by atoms with Crippen LogP contribution in [-0.4, -0.2) is 43.9 Å². The lowest BCUT2D eigenvalue weighted by Crippen LogP contribution is -2.44. The van der Waals surface area contributed by atoms with Crippen molar-refractivity contribution in [2.75, 3.05) is 13.1 Å². The van der Waals surface area contributed by atoms with Crippen LogP contribution in [0.2, 0.25) is 0 Å². The van der Waals surface area contributed by atoms with Crippen LogP contribution in [0.4, 0.5) is 0 Å². The van der Waals surface area contributed by atoms with E-state index in [4.69, 9.17) is 0 Å². The second-order valence-corrected chi connectivity index (χ2v) is 6.83. The van der Waals surface area contributed by atoms with Crippen molar-refractivity contribution in [3.05, 3.63) is 60.3 Å². The van der Waals surface area contributed by atoms with Gasteiger partial charge in [0, 0.05) is 25.4 Å². The van der Waals surface area contributed by atoms with Gasteiger partial charge in [-0.15, -0.1) is 0 Å².